The number of nitrogens with two attached hydrogens (primary N) is 1. The van der Waals surface area contributed by atoms with Crippen LogP contribution in [0.25, 0.3) is 5.65 Å². The van der Waals surface area contributed by atoms with E-state index in [-0.39, 0.29) is 48.2 Å². The summed E-state index contributed by atoms with van der Waals surface area (Å²) in [5, 5.41) is 11.9. The van der Waals surface area contributed by atoms with Gasteiger partial charge in [0.15, 0.2) is 18.1 Å². The minimum absolute atomic E-state index is 0.0353. The van der Waals surface area contributed by atoms with Crippen molar-refractivity contribution in [2.24, 2.45) is 5.73 Å². The van der Waals surface area contributed by atoms with Crippen LogP contribution in [-0.4, -0.2) is 44.8 Å². The maximum atomic E-state index is 14.3. The number of hydrogen-bond donors (Lipinski definition) is 4. The Morgan fingerprint density at radius 1 is 1.05 bits per heavy atom. The van der Waals surface area contributed by atoms with E-state index in [4.69, 9.17) is 10.5 Å². The average molecular weight is 517 g/mol. The highest BCUT2D eigenvalue weighted by Crippen LogP contribution is 2.28. The van der Waals surface area contributed by atoms with Crippen LogP contribution in [0.5, 0.6) is 5.75 Å². The van der Waals surface area contributed by atoms with Crippen LogP contribution in [0.2, 0.25) is 0 Å². The second-order valence-corrected chi connectivity index (χ2v) is 8.35. The third-order valence-electron chi connectivity index (χ3n) is 5.69. The Bertz CT molecular complexity index is 1620. The number of carbonyl (C=O) groups is 4. The lowest BCUT2D eigenvalue weighted by atomic mass is 10.1. The number of nitrogens with one attached hydrogen (secondary N) is 3. The molecule has 0 fully saturated rings. The summed E-state index contributed by atoms with van der Waals surface area (Å²) in [5.41, 5.74) is 6.71. The molecule has 0 unspecified atom stereocenters. The van der Waals surface area contributed by atoms with Gasteiger partial charge in [0.1, 0.15) is 17.1 Å². The number of anilines is 1. The second kappa shape index (κ2) is 9.97. The number of primary amides is 1. The molecule has 0 atom stereocenters. The average Bonchev–Trinajstić information content (AvgIpc) is 3.30. The smallest absolute Gasteiger partial charge is 0.270 e. The molecule has 0 radical (unpaired) electrons. The van der Waals surface area contributed by atoms with Crippen molar-refractivity contribution >= 4 is 35.0 Å². The molecule has 3 heterocycles. The molecule has 12 nitrogen and oxygen atoms in total. The third-order valence-corrected chi connectivity index (χ3v) is 5.69. The van der Waals surface area contributed by atoms with E-state index in [0.717, 1.165) is 10.7 Å². The summed E-state index contributed by atoms with van der Waals surface area (Å²) in [5.74, 6) is -2.50. The Kier molecular flexibility index (Phi) is 6.39. The number of benzene rings is 2. The molecule has 0 saturated carbocycles. The number of fused-ring (bicyclic) bond motifs is 2. The van der Waals surface area contributed by atoms with Crippen LogP contribution >= 0.6 is 0 Å². The van der Waals surface area contributed by atoms with Gasteiger partial charge in [-0.05, 0) is 35.4 Å². The Morgan fingerprint density at radius 3 is 2.61 bits per heavy atom. The molecule has 38 heavy (non-hydrogen) atoms. The molecule has 4 amide bonds. The predicted molar refractivity (Wildman–Crippen MR) is 131 cm³/mol. The van der Waals surface area contributed by atoms with Gasteiger partial charge in [0.05, 0.1) is 11.9 Å². The van der Waals surface area contributed by atoms with Gasteiger partial charge in [0.2, 0.25) is 5.91 Å². The summed E-state index contributed by atoms with van der Waals surface area (Å²) in [6, 6.07) is 12.7. The molecule has 4 aromatic rings. The normalized spacial score (nSPS) is 12.3. The van der Waals surface area contributed by atoms with E-state index in [9.17, 15) is 23.6 Å². The predicted octanol–water partition coefficient (Wildman–Crippen LogP) is 1.16. The Balaban J connectivity index is 1.34. The molecular formula is C25H20FN7O5. The van der Waals surface area contributed by atoms with Gasteiger partial charge in [-0.25, -0.2) is 13.9 Å². The van der Waals surface area contributed by atoms with Gasteiger partial charge in [0.25, 0.3) is 17.7 Å². The van der Waals surface area contributed by atoms with Gasteiger partial charge in [-0.1, -0.05) is 18.2 Å². The number of halogens is 1. The zero-order valence-electron chi connectivity index (χ0n) is 19.7. The monoisotopic (exact) mass is 517 g/mol. The quantitative estimate of drug-likeness (QED) is 0.285. The van der Waals surface area contributed by atoms with Crippen LogP contribution in [0.15, 0.2) is 54.7 Å². The maximum absolute atomic E-state index is 14.3. The van der Waals surface area contributed by atoms with E-state index in [0.29, 0.717) is 22.6 Å². The third kappa shape index (κ3) is 4.97. The molecule has 0 bridgehead atoms. The van der Waals surface area contributed by atoms with Crippen molar-refractivity contribution in [2.45, 2.75) is 13.1 Å². The van der Waals surface area contributed by atoms with Crippen molar-refractivity contribution in [3.63, 3.8) is 0 Å². The fourth-order valence-corrected chi connectivity index (χ4v) is 3.83. The van der Waals surface area contributed by atoms with Gasteiger partial charge >= 0.3 is 0 Å². The highest BCUT2D eigenvalue weighted by molar-refractivity contribution is 5.98. The summed E-state index contributed by atoms with van der Waals surface area (Å²) < 4.78 is 20.7. The lowest BCUT2D eigenvalue weighted by Gasteiger charge is -2.18. The van der Waals surface area contributed by atoms with Gasteiger partial charge < -0.3 is 26.4 Å². The summed E-state index contributed by atoms with van der Waals surface area (Å²) in [4.78, 5) is 52.9. The van der Waals surface area contributed by atoms with E-state index >= 15 is 0 Å². The van der Waals surface area contributed by atoms with Crippen molar-refractivity contribution in [2.75, 3.05) is 11.9 Å². The molecule has 0 spiro atoms. The minimum Gasteiger partial charge on any atom is -0.482 e. The minimum atomic E-state index is -0.812. The molecule has 2 aromatic carbocycles. The van der Waals surface area contributed by atoms with Crippen molar-refractivity contribution in [1.82, 2.24) is 25.2 Å². The molecule has 5 rings (SSSR count). The highest BCUT2D eigenvalue weighted by atomic mass is 19.1. The molecule has 1 aliphatic rings. The maximum Gasteiger partial charge on any atom is 0.270 e. The zero-order chi connectivity index (χ0) is 26.8. The first-order valence-electron chi connectivity index (χ1n) is 11.3. The largest absolute Gasteiger partial charge is 0.482 e. The van der Waals surface area contributed by atoms with Gasteiger partial charge in [-0.15, -0.1) is 0 Å². The van der Waals surface area contributed by atoms with Crippen molar-refractivity contribution in [1.29, 1.82) is 0 Å². The number of rotatable bonds is 7. The van der Waals surface area contributed by atoms with Crippen LogP contribution in [0.3, 0.4) is 0 Å². The Hall–Kier alpha value is -5.33. The van der Waals surface area contributed by atoms with E-state index in [1.165, 1.54) is 12.1 Å². The highest BCUT2D eigenvalue weighted by Gasteiger charge is 2.21. The summed E-state index contributed by atoms with van der Waals surface area (Å²) >= 11 is 0. The first kappa shape index (κ1) is 24.4. The second-order valence-electron chi connectivity index (χ2n) is 8.35. The van der Waals surface area contributed by atoms with Crippen molar-refractivity contribution in [3.05, 3.63) is 88.6 Å². The summed E-state index contributed by atoms with van der Waals surface area (Å²) in [7, 11) is 0. The Morgan fingerprint density at radius 2 is 1.82 bits per heavy atom. The number of hydrogen-bond acceptors (Lipinski definition) is 7. The van der Waals surface area contributed by atoms with E-state index in [1.807, 2.05) is 0 Å². The fourth-order valence-electron chi connectivity index (χ4n) is 3.83. The topological polar surface area (TPSA) is 170 Å². The number of carbonyl (C=O) groups excluding carboxylic acids is 4. The molecule has 5 N–H and O–H groups in total. The molecule has 0 saturated heterocycles. The van der Waals surface area contributed by atoms with Crippen molar-refractivity contribution < 1.29 is 28.3 Å². The fraction of sp³-hybridized carbons (Fsp3) is 0.120. The van der Waals surface area contributed by atoms with Crippen molar-refractivity contribution in [3.8, 4) is 5.75 Å². The SMILES string of the molecule is NC(=O)c1cccc(CNC(=O)c2cc(C(=O)NCc3ccc4c(c3)NC(=O)CO4)nc3c(F)cnn23)c1. The van der Waals surface area contributed by atoms with Gasteiger partial charge in [-0.2, -0.15) is 5.10 Å². The van der Waals surface area contributed by atoms with E-state index in [1.54, 1.807) is 36.4 Å². The Labute approximate surface area is 214 Å². The molecule has 192 valence electrons. The molecule has 2 aromatic heterocycles. The van der Waals surface area contributed by atoms with Crippen LogP contribution in [0, 0.1) is 5.82 Å². The zero-order valence-corrected chi connectivity index (χ0v) is 19.7. The molecule has 0 aliphatic carbocycles. The van der Waals surface area contributed by atoms with E-state index in [2.05, 4.69) is 26.0 Å². The number of amides is 4. The lowest BCUT2D eigenvalue weighted by Crippen LogP contribution is -2.29. The first-order valence-corrected chi connectivity index (χ1v) is 11.3. The number of nitrogens with zero attached hydrogens (tertiary/aromatic N) is 3. The summed E-state index contributed by atoms with van der Waals surface area (Å²) in [6.45, 7) is 0.0278. The number of ether oxygens (including phenoxy) is 1. The van der Waals surface area contributed by atoms with Gasteiger partial charge in [0, 0.05) is 24.7 Å². The van der Waals surface area contributed by atoms with E-state index < -0.39 is 23.5 Å². The first-order chi connectivity index (χ1) is 18.3. The molecule has 1 aliphatic heterocycles. The lowest BCUT2D eigenvalue weighted by molar-refractivity contribution is -0.118. The summed E-state index contributed by atoms with van der Waals surface area (Å²) in [6.07, 6.45) is 0.889. The van der Waals surface area contributed by atoms with Crippen LogP contribution in [0.1, 0.15) is 42.5 Å². The standard InChI is InChI=1S/C25H20FN7O5/c26-16-11-30-33-19(25(37)29-9-13-2-1-3-15(6-13)22(27)35)8-18(32-23(16)33)24(36)28-10-14-4-5-20-17(7-14)31-21(34)12-38-20/h1-8,11H,9-10,12H2,(H2,27,35)(H,28,36)(H,29,37)(H,31,34). The molecule has 13 heteroatoms. The van der Waals surface area contributed by atoms with Crippen LogP contribution < -0.4 is 26.4 Å². The van der Waals surface area contributed by atoms with Crippen LogP contribution in [0.4, 0.5) is 10.1 Å². The van der Waals surface area contributed by atoms with Gasteiger partial charge in [-0.3, -0.25) is 19.2 Å². The molecular weight excluding hydrogens is 497 g/mol. The van der Waals surface area contributed by atoms with Crippen LogP contribution in [-0.2, 0) is 17.9 Å². The number of aromatic nitrogens is 3.